The lowest BCUT2D eigenvalue weighted by atomic mass is 9.99. The highest BCUT2D eigenvalue weighted by atomic mass is 32.2. The van der Waals surface area contributed by atoms with Crippen LogP contribution in [0.3, 0.4) is 0 Å². The number of benzene rings is 3. The van der Waals surface area contributed by atoms with E-state index in [4.69, 9.17) is 0 Å². The van der Waals surface area contributed by atoms with Crippen molar-refractivity contribution in [1.29, 1.82) is 0 Å². The normalized spacial score (nSPS) is 20.0. The number of fused-ring (bicyclic) bond motifs is 1. The first-order valence-electron chi connectivity index (χ1n) is 10.2. The van der Waals surface area contributed by atoms with Crippen LogP contribution >= 0.6 is 0 Å². The summed E-state index contributed by atoms with van der Waals surface area (Å²) in [4.78, 5) is 2.39. The molecular weight excluding hydrogens is 380 g/mol. The molecule has 0 aliphatic carbocycles. The fourth-order valence-corrected chi connectivity index (χ4v) is 4.66. The van der Waals surface area contributed by atoms with Gasteiger partial charge >= 0.3 is 0 Å². The summed E-state index contributed by atoms with van der Waals surface area (Å²) >= 11 is -1.83. The van der Waals surface area contributed by atoms with Crippen LogP contribution in [0.15, 0.2) is 66.7 Å². The van der Waals surface area contributed by atoms with E-state index in [0.717, 1.165) is 25.1 Å². The lowest BCUT2D eigenvalue weighted by Gasteiger charge is -2.23. The lowest BCUT2D eigenvalue weighted by Crippen LogP contribution is -2.34. The zero-order valence-corrected chi connectivity index (χ0v) is 17.7. The minimum Gasteiger partial charge on any atom is -0.370 e. The minimum atomic E-state index is -1.83. The van der Waals surface area contributed by atoms with Crippen molar-refractivity contribution in [1.82, 2.24) is 5.32 Å². The van der Waals surface area contributed by atoms with E-state index < -0.39 is 11.1 Å². The molecule has 3 unspecified atom stereocenters. The Morgan fingerprint density at radius 1 is 1.03 bits per heavy atom. The van der Waals surface area contributed by atoms with Gasteiger partial charge in [0, 0.05) is 30.9 Å². The highest BCUT2D eigenvalue weighted by Gasteiger charge is 2.25. The number of nitrogens with one attached hydrogen (secondary N) is 1. The molecule has 1 heterocycles. The second kappa shape index (κ2) is 8.66. The van der Waals surface area contributed by atoms with E-state index in [1.54, 1.807) is 6.92 Å². The van der Waals surface area contributed by atoms with Gasteiger partial charge in [-0.2, -0.15) is 0 Å². The molecule has 1 saturated heterocycles. The molecule has 29 heavy (non-hydrogen) atoms. The fraction of sp³-hybridized carbons (Fsp3) is 0.333. The Labute approximate surface area is 175 Å². The van der Waals surface area contributed by atoms with Crippen molar-refractivity contribution < 1.29 is 8.76 Å². The molecule has 1 fully saturated rings. The number of anilines is 1. The first-order valence-corrected chi connectivity index (χ1v) is 11.4. The van der Waals surface area contributed by atoms with Crippen LogP contribution in [0.2, 0.25) is 0 Å². The maximum Gasteiger partial charge on any atom is 0.160 e. The summed E-state index contributed by atoms with van der Waals surface area (Å²) in [6.45, 7) is 6.00. The third-order valence-electron chi connectivity index (χ3n) is 5.99. The number of nitrogens with zero attached hydrogens (tertiary/aromatic N) is 1. The molecule has 1 aliphatic heterocycles. The second-order valence-electron chi connectivity index (χ2n) is 7.90. The van der Waals surface area contributed by atoms with Crippen molar-refractivity contribution in [2.24, 2.45) is 0 Å². The average molecular weight is 409 g/mol. The highest BCUT2D eigenvalue weighted by Crippen LogP contribution is 2.28. The molecule has 3 aromatic rings. The van der Waals surface area contributed by atoms with E-state index in [1.807, 2.05) is 12.1 Å². The standard InChI is InChI=1S/C24H28N2O2S/c1-17(23-9-5-7-20-6-3-4-8-24(20)23)25-21-14-15-26(16-21)22-12-10-19(11-13-22)18(2)29(27)28/h3-13,17-18,21,25H,14-16H2,1-2H3,(H,27,28)/t17-,18?,21?/m1/s1. The molecule has 2 N–H and O–H groups in total. The van der Waals surface area contributed by atoms with Gasteiger partial charge in [-0.25, -0.2) is 4.21 Å². The Bertz CT molecular complexity index is 1000. The van der Waals surface area contributed by atoms with Crippen LogP contribution in [0, 0.1) is 0 Å². The average Bonchev–Trinajstić information content (AvgIpc) is 3.21. The first-order chi connectivity index (χ1) is 14.0. The molecule has 0 spiro atoms. The van der Waals surface area contributed by atoms with Crippen LogP contribution < -0.4 is 10.2 Å². The van der Waals surface area contributed by atoms with Crippen molar-refractivity contribution in [3.8, 4) is 0 Å². The first kappa shape index (κ1) is 20.1. The molecule has 4 rings (SSSR count). The Hall–Kier alpha value is -2.21. The molecule has 0 aromatic heterocycles. The second-order valence-corrected chi connectivity index (χ2v) is 9.16. The van der Waals surface area contributed by atoms with Crippen molar-refractivity contribution in [2.45, 2.75) is 37.6 Å². The zero-order valence-electron chi connectivity index (χ0n) is 16.9. The van der Waals surface area contributed by atoms with Gasteiger partial charge in [-0.3, -0.25) is 0 Å². The van der Waals surface area contributed by atoms with E-state index in [-0.39, 0.29) is 11.3 Å². The van der Waals surface area contributed by atoms with Gasteiger partial charge in [0.1, 0.15) is 0 Å². The molecular formula is C24H28N2O2S. The smallest absolute Gasteiger partial charge is 0.160 e. The number of hydrogen-bond donors (Lipinski definition) is 2. The zero-order chi connectivity index (χ0) is 20.4. The summed E-state index contributed by atoms with van der Waals surface area (Å²) in [7, 11) is 0. The van der Waals surface area contributed by atoms with Gasteiger partial charge in [0.25, 0.3) is 0 Å². The molecule has 4 nitrogen and oxygen atoms in total. The molecule has 4 atom stereocenters. The van der Waals surface area contributed by atoms with Crippen molar-refractivity contribution >= 4 is 27.5 Å². The van der Waals surface area contributed by atoms with Crippen LogP contribution in [0.1, 0.15) is 42.7 Å². The maximum atomic E-state index is 11.3. The summed E-state index contributed by atoms with van der Waals surface area (Å²) in [5.41, 5.74) is 3.41. The summed E-state index contributed by atoms with van der Waals surface area (Å²) in [6.07, 6.45) is 1.11. The third-order valence-corrected chi connectivity index (χ3v) is 6.87. The van der Waals surface area contributed by atoms with Gasteiger partial charge in [-0.05, 0) is 54.3 Å². The van der Waals surface area contributed by atoms with Gasteiger partial charge < -0.3 is 14.8 Å². The van der Waals surface area contributed by atoms with Crippen LogP contribution in [0.25, 0.3) is 10.8 Å². The molecule has 0 bridgehead atoms. The molecule has 152 valence electrons. The Kier molecular flexibility index (Phi) is 5.99. The molecule has 5 heteroatoms. The fourth-order valence-electron chi connectivity index (χ4n) is 4.27. The molecule has 3 aromatic carbocycles. The van der Waals surface area contributed by atoms with E-state index in [0.29, 0.717) is 6.04 Å². The van der Waals surface area contributed by atoms with Gasteiger partial charge in [0.2, 0.25) is 0 Å². The summed E-state index contributed by atoms with van der Waals surface area (Å²) in [5.74, 6) is 0. The Morgan fingerprint density at radius 3 is 2.52 bits per heavy atom. The Morgan fingerprint density at radius 2 is 1.76 bits per heavy atom. The SMILES string of the molecule is CC(c1ccc(N2CCC(N[C@H](C)c3cccc4ccccc34)C2)cc1)S(=O)O. The summed E-state index contributed by atoms with van der Waals surface area (Å²) in [6, 6.07) is 23.9. The number of hydrogen-bond acceptors (Lipinski definition) is 3. The maximum absolute atomic E-state index is 11.3. The largest absolute Gasteiger partial charge is 0.370 e. The van der Waals surface area contributed by atoms with E-state index in [1.165, 1.54) is 22.0 Å². The highest BCUT2D eigenvalue weighted by molar-refractivity contribution is 7.79. The van der Waals surface area contributed by atoms with Gasteiger partial charge in [0.15, 0.2) is 11.1 Å². The van der Waals surface area contributed by atoms with Gasteiger partial charge in [0.05, 0.1) is 5.25 Å². The number of rotatable bonds is 6. The monoisotopic (exact) mass is 408 g/mol. The van der Waals surface area contributed by atoms with E-state index in [2.05, 4.69) is 71.7 Å². The van der Waals surface area contributed by atoms with E-state index >= 15 is 0 Å². The molecule has 0 radical (unpaired) electrons. The summed E-state index contributed by atoms with van der Waals surface area (Å²) < 4.78 is 20.6. The van der Waals surface area contributed by atoms with Crippen LogP contribution in [0.4, 0.5) is 5.69 Å². The summed E-state index contributed by atoms with van der Waals surface area (Å²) in [5, 5.41) is 6.05. The van der Waals surface area contributed by atoms with Crippen LogP contribution in [-0.4, -0.2) is 27.9 Å². The molecule has 1 aliphatic rings. The van der Waals surface area contributed by atoms with Crippen molar-refractivity contribution in [3.63, 3.8) is 0 Å². The topological polar surface area (TPSA) is 52.6 Å². The predicted molar refractivity (Wildman–Crippen MR) is 122 cm³/mol. The molecule has 0 saturated carbocycles. The predicted octanol–water partition coefficient (Wildman–Crippen LogP) is 5.05. The quantitative estimate of drug-likeness (QED) is 0.560. The van der Waals surface area contributed by atoms with Gasteiger partial charge in [-0.1, -0.05) is 54.6 Å². The van der Waals surface area contributed by atoms with Crippen LogP contribution in [-0.2, 0) is 11.1 Å². The van der Waals surface area contributed by atoms with Gasteiger partial charge in [-0.15, -0.1) is 0 Å². The van der Waals surface area contributed by atoms with Crippen molar-refractivity contribution in [2.75, 3.05) is 18.0 Å². The minimum absolute atomic E-state index is 0.286. The Balaban J connectivity index is 1.41. The third kappa shape index (κ3) is 4.37. The van der Waals surface area contributed by atoms with E-state index in [9.17, 15) is 8.76 Å². The van der Waals surface area contributed by atoms with Crippen LogP contribution in [0.5, 0.6) is 0 Å². The van der Waals surface area contributed by atoms with Crippen molar-refractivity contribution in [3.05, 3.63) is 77.9 Å². The molecule has 0 amide bonds. The lowest BCUT2D eigenvalue weighted by molar-refractivity contribution is 0.483.